The quantitative estimate of drug-likeness (QED) is 0.871. The molecule has 0 spiro atoms. The van der Waals surface area contributed by atoms with Crippen LogP contribution in [0.3, 0.4) is 0 Å². The molecule has 2 atom stereocenters. The largest absolute Gasteiger partial charge is 0.493 e. The van der Waals surface area contributed by atoms with Crippen LogP contribution in [-0.2, 0) is 4.74 Å². The van der Waals surface area contributed by atoms with Gasteiger partial charge in [-0.15, -0.1) is 0 Å². The topological polar surface area (TPSA) is 30.5 Å². The zero-order chi connectivity index (χ0) is 12.2. The van der Waals surface area contributed by atoms with Crippen LogP contribution in [0.2, 0.25) is 0 Å². The van der Waals surface area contributed by atoms with E-state index in [1.54, 1.807) is 0 Å². The third-order valence-corrected chi connectivity index (χ3v) is 3.85. The lowest BCUT2D eigenvalue weighted by atomic mass is 9.98. The minimum Gasteiger partial charge on any atom is -0.493 e. The van der Waals surface area contributed by atoms with E-state index in [4.69, 9.17) is 9.47 Å². The van der Waals surface area contributed by atoms with E-state index in [9.17, 15) is 0 Å². The van der Waals surface area contributed by atoms with Crippen LogP contribution >= 0.6 is 0 Å². The molecule has 1 aromatic rings. The molecular weight excluding hydrogens is 226 g/mol. The second kappa shape index (κ2) is 5.72. The highest BCUT2D eigenvalue weighted by atomic mass is 16.5. The van der Waals surface area contributed by atoms with E-state index >= 15 is 0 Å². The Balaban J connectivity index is 1.69. The molecule has 0 bridgehead atoms. The normalized spacial score (nSPS) is 28.0. The van der Waals surface area contributed by atoms with Gasteiger partial charge in [0.25, 0.3) is 0 Å². The zero-order valence-corrected chi connectivity index (χ0v) is 10.7. The van der Waals surface area contributed by atoms with Gasteiger partial charge in [-0.05, 0) is 25.3 Å². The highest BCUT2D eigenvalue weighted by Crippen LogP contribution is 2.32. The van der Waals surface area contributed by atoms with Gasteiger partial charge in [0.2, 0.25) is 0 Å². The van der Waals surface area contributed by atoms with Crippen molar-refractivity contribution in [2.75, 3.05) is 19.8 Å². The molecule has 2 heterocycles. The number of rotatable bonds is 2. The van der Waals surface area contributed by atoms with Crippen molar-refractivity contribution in [3.05, 3.63) is 29.8 Å². The van der Waals surface area contributed by atoms with E-state index in [1.165, 1.54) is 18.4 Å². The predicted molar refractivity (Wildman–Crippen MR) is 70.9 cm³/mol. The van der Waals surface area contributed by atoms with Crippen molar-refractivity contribution in [2.24, 2.45) is 0 Å². The Morgan fingerprint density at radius 3 is 2.94 bits per heavy atom. The van der Waals surface area contributed by atoms with Gasteiger partial charge in [-0.25, -0.2) is 0 Å². The van der Waals surface area contributed by atoms with Crippen molar-refractivity contribution in [3.8, 4) is 5.75 Å². The highest BCUT2D eigenvalue weighted by molar-refractivity contribution is 5.37. The summed E-state index contributed by atoms with van der Waals surface area (Å²) in [6.45, 7) is 2.63. The molecular formula is C15H21NO2. The van der Waals surface area contributed by atoms with Crippen LogP contribution in [0.15, 0.2) is 24.3 Å². The first kappa shape index (κ1) is 12.0. The van der Waals surface area contributed by atoms with Crippen LogP contribution < -0.4 is 10.1 Å². The molecule has 1 aromatic carbocycles. The third-order valence-electron chi connectivity index (χ3n) is 3.85. The number of ether oxygens (including phenoxy) is 2. The SMILES string of the molecule is c1ccc2c(c1)OCCC2NC1CCCOCC1. The smallest absolute Gasteiger partial charge is 0.124 e. The maximum Gasteiger partial charge on any atom is 0.124 e. The maximum absolute atomic E-state index is 5.70. The lowest BCUT2D eigenvalue weighted by molar-refractivity contribution is 0.141. The van der Waals surface area contributed by atoms with E-state index in [1.807, 2.05) is 6.07 Å². The summed E-state index contributed by atoms with van der Waals surface area (Å²) in [5.41, 5.74) is 1.31. The first-order valence-electron chi connectivity index (χ1n) is 6.99. The molecule has 0 saturated carbocycles. The van der Waals surface area contributed by atoms with Gasteiger partial charge in [-0.1, -0.05) is 18.2 Å². The summed E-state index contributed by atoms with van der Waals surface area (Å²) in [5.74, 6) is 1.05. The summed E-state index contributed by atoms with van der Waals surface area (Å²) in [6.07, 6.45) is 4.58. The molecule has 3 heteroatoms. The molecule has 0 aliphatic carbocycles. The van der Waals surface area contributed by atoms with Gasteiger partial charge in [0, 0.05) is 37.3 Å². The standard InChI is InChI=1S/C15H21NO2/c1-2-6-15-13(5-1)14(8-11-18-15)16-12-4-3-9-17-10-7-12/h1-2,5-6,12,14,16H,3-4,7-11H2. The van der Waals surface area contributed by atoms with Gasteiger partial charge in [0.05, 0.1) is 6.61 Å². The molecule has 3 rings (SSSR count). The molecule has 3 nitrogen and oxygen atoms in total. The van der Waals surface area contributed by atoms with Crippen LogP contribution in [0.1, 0.15) is 37.3 Å². The zero-order valence-electron chi connectivity index (χ0n) is 10.7. The first-order chi connectivity index (χ1) is 8.93. The molecule has 98 valence electrons. The Morgan fingerprint density at radius 2 is 1.94 bits per heavy atom. The number of fused-ring (bicyclic) bond motifs is 1. The monoisotopic (exact) mass is 247 g/mol. The van der Waals surface area contributed by atoms with Gasteiger partial charge < -0.3 is 14.8 Å². The average Bonchev–Trinajstić information content (AvgIpc) is 2.68. The maximum atomic E-state index is 5.70. The summed E-state index contributed by atoms with van der Waals surface area (Å²) in [7, 11) is 0. The summed E-state index contributed by atoms with van der Waals surface area (Å²) < 4.78 is 11.2. The lowest BCUT2D eigenvalue weighted by Crippen LogP contribution is -2.35. The molecule has 0 aromatic heterocycles. The highest BCUT2D eigenvalue weighted by Gasteiger charge is 2.23. The fourth-order valence-corrected chi connectivity index (χ4v) is 2.87. The van der Waals surface area contributed by atoms with Gasteiger partial charge in [-0.3, -0.25) is 0 Å². The fourth-order valence-electron chi connectivity index (χ4n) is 2.87. The molecule has 18 heavy (non-hydrogen) atoms. The number of nitrogens with one attached hydrogen (secondary N) is 1. The minimum atomic E-state index is 0.443. The van der Waals surface area contributed by atoms with Gasteiger partial charge >= 0.3 is 0 Å². The predicted octanol–water partition coefficient (Wildman–Crippen LogP) is 2.67. The molecule has 1 saturated heterocycles. The summed E-state index contributed by atoms with van der Waals surface area (Å²) in [6, 6.07) is 9.42. The second-order valence-electron chi connectivity index (χ2n) is 5.13. The lowest BCUT2D eigenvalue weighted by Gasteiger charge is -2.30. The van der Waals surface area contributed by atoms with E-state index in [2.05, 4.69) is 23.5 Å². The summed E-state index contributed by atoms with van der Waals surface area (Å²) >= 11 is 0. The third kappa shape index (κ3) is 2.68. The van der Waals surface area contributed by atoms with E-state index in [0.29, 0.717) is 12.1 Å². The average molecular weight is 247 g/mol. The Labute approximate surface area is 108 Å². The van der Waals surface area contributed by atoms with Crippen molar-refractivity contribution < 1.29 is 9.47 Å². The number of hydrogen-bond donors (Lipinski definition) is 1. The summed E-state index contributed by atoms with van der Waals surface area (Å²) in [4.78, 5) is 0. The van der Waals surface area contributed by atoms with Crippen LogP contribution in [0.4, 0.5) is 0 Å². The van der Waals surface area contributed by atoms with E-state index in [0.717, 1.165) is 38.4 Å². The van der Waals surface area contributed by atoms with Gasteiger partial charge in [-0.2, -0.15) is 0 Å². The fraction of sp³-hybridized carbons (Fsp3) is 0.600. The Kier molecular flexibility index (Phi) is 3.81. The minimum absolute atomic E-state index is 0.443. The number of para-hydroxylation sites is 1. The van der Waals surface area contributed by atoms with Crippen molar-refractivity contribution >= 4 is 0 Å². The Hall–Kier alpha value is -1.06. The first-order valence-corrected chi connectivity index (χ1v) is 6.99. The van der Waals surface area contributed by atoms with Crippen molar-refractivity contribution in [2.45, 2.75) is 37.8 Å². The van der Waals surface area contributed by atoms with E-state index < -0.39 is 0 Å². The Bertz CT molecular complexity index is 386. The van der Waals surface area contributed by atoms with Crippen molar-refractivity contribution in [1.29, 1.82) is 0 Å². The van der Waals surface area contributed by atoms with Crippen molar-refractivity contribution in [1.82, 2.24) is 5.32 Å². The van der Waals surface area contributed by atoms with Crippen LogP contribution in [0, 0.1) is 0 Å². The van der Waals surface area contributed by atoms with Crippen LogP contribution in [0.25, 0.3) is 0 Å². The molecule has 1 N–H and O–H groups in total. The van der Waals surface area contributed by atoms with Gasteiger partial charge in [0.1, 0.15) is 5.75 Å². The molecule has 0 amide bonds. The molecule has 2 unspecified atom stereocenters. The molecule has 1 fully saturated rings. The number of benzene rings is 1. The van der Waals surface area contributed by atoms with Crippen LogP contribution in [-0.4, -0.2) is 25.9 Å². The van der Waals surface area contributed by atoms with Crippen molar-refractivity contribution in [3.63, 3.8) is 0 Å². The second-order valence-corrected chi connectivity index (χ2v) is 5.13. The molecule has 0 radical (unpaired) electrons. The van der Waals surface area contributed by atoms with Crippen LogP contribution in [0.5, 0.6) is 5.75 Å². The van der Waals surface area contributed by atoms with E-state index in [-0.39, 0.29) is 0 Å². The Morgan fingerprint density at radius 1 is 1.00 bits per heavy atom. The molecule has 2 aliphatic heterocycles. The van der Waals surface area contributed by atoms with Gasteiger partial charge in [0.15, 0.2) is 0 Å². The number of hydrogen-bond acceptors (Lipinski definition) is 3. The molecule has 2 aliphatic rings. The summed E-state index contributed by atoms with van der Waals surface area (Å²) in [5, 5.41) is 3.79.